The Morgan fingerprint density at radius 2 is 1.86 bits per heavy atom. The van der Waals surface area contributed by atoms with Crippen LogP contribution in [0.2, 0.25) is 0 Å². The van der Waals surface area contributed by atoms with Gasteiger partial charge in [-0.05, 0) is 42.8 Å². The third-order valence-electron chi connectivity index (χ3n) is 3.24. The van der Waals surface area contributed by atoms with E-state index in [9.17, 15) is 0 Å². The molecule has 0 fully saturated rings. The van der Waals surface area contributed by atoms with Crippen LogP contribution in [0, 0.1) is 0 Å². The molecule has 0 unspecified atom stereocenters. The average Bonchev–Trinajstić information content (AvgIpc) is 2.53. The van der Waals surface area contributed by atoms with E-state index in [-0.39, 0.29) is 0 Å². The van der Waals surface area contributed by atoms with E-state index in [4.69, 9.17) is 4.74 Å². The zero-order chi connectivity index (χ0) is 14.5. The molecule has 1 heterocycles. The lowest BCUT2D eigenvalue weighted by Gasteiger charge is -2.03. The first-order chi connectivity index (χ1) is 10.3. The lowest BCUT2D eigenvalue weighted by atomic mass is 10.1. The molecule has 3 aromatic rings. The van der Waals surface area contributed by atoms with Crippen molar-refractivity contribution in [3.8, 4) is 5.75 Å². The molecular formula is C19H17NO. The number of para-hydroxylation sites is 1. The first kappa shape index (κ1) is 13.4. The quantitative estimate of drug-likeness (QED) is 0.682. The van der Waals surface area contributed by atoms with Gasteiger partial charge >= 0.3 is 0 Å². The molecule has 0 amide bonds. The van der Waals surface area contributed by atoms with Gasteiger partial charge in [-0.1, -0.05) is 42.5 Å². The third kappa shape index (κ3) is 3.29. The molecule has 0 spiro atoms. The smallest absolute Gasteiger partial charge is 0.119 e. The maximum Gasteiger partial charge on any atom is 0.119 e. The van der Waals surface area contributed by atoms with Gasteiger partial charge in [-0.15, -0.1) is 0 Å². The summed E-state index contributed by atoms with van der Waals surface area (Å²) in [5.41, 5.74) is 3.08. The summed E-state index contributed by atoms with van der Waals surface area (Å²) in [7, 11) is 0. The van der Waals surface area contributed by atoms with Crippen LogP contribution in [0.4, 0.5) is 0 Å². The predicted octanol–water partition coefficient (Wildman–Crippen LogP) is 4.80. The monoisotopic (exact) mass is 275 g/mol. The van der Waals surface area contributed by atoms with Gasteiger partial charge in [0.15, 0.2) is 0 Å². The van der Waals surface area contributed by atoms with E-state index >= 15 is 0 Å². The Labute approximate surface area is 124 Å². The van der Waals surface area contributed by atoms with Crippen LogP contribution in [-0.2, 0) is 0 Å². The fraction of sp³-hybridized carbons (Fsp3) is 0.105. The number of hydrogen-bond donors (Lipinski definition) is 0. The molecule has 1 aromatic heterocycles. The van der Waals surface area contributed by atoms with Crippen molar-refractivity contribution in [3.63, 3.8) is 0 Å². The molecule has 0 saturated heterocycles. The number of benzene rings is 2. The number of nitrogens with zero attached hydrogens (tertiary/aromatic N) is 1. The van der Waals surface area contributed by atoms with Crippen molar-refractivity contribution in [2.75, 3.05) is 6.61 Å². The lowest BCUT2D eigenvalue weighted by molar-refractivity contribution is 0.340. The lowest BCUT2D eigenvalue weighted by Crippen LogP contribution is -1.90. The topological polar surface area (TPSA) is 22.1 Å². The summed E-state index contributed by atoms with van der Waals surface area (Å²) in [4.78, 5) is 4.63. The highest BCUT2D eigenvalue weighted by atomic mass is 16.5. The second kappa shape index (κ2) is 6.23. The van der Waals surface area contributed by atoms with Crippen molar-refractivity contribution in [1.29, 1.82) is 0 Å². The van der Waals surface area contributed by atoms with E-state index in [1.165, 1.54) is 0 Å². The normalized spacial score (nSPS) is 11.1. The van der Waals surface area contributed by atoms with E-state index in [0.717, 1.165) is 27.9 Å². The first-order valence-corrected chi connectivity index (χ1v) is 7.12. The van der Waals surface area contributed by atoms with Gasteiger partial charge in [0.25, 0.3) is 0 Å². The summed E-state index contributed by atoms with van der Waals surface area (Å²) < 4.78 is 5.51. The molecule has 104 valence electrons. The maximum atomic E-state index is 5.51. The van der Waals surface area contributed by atoms with Gasteiger partial charge < -0.3 is 4.74 Å². The molecule has 0 bridgehead atoms. The largest absolute Gasteiger partial charge is 0.494 e. The highest BCUT2D eigenvalue weighted by Crippen LogP contribution is 2.17. The fourth-order valence-corrected chi connectivity index (χ4v) is 2.23. The van der Waals surface area contributed by atoms with Crippen LogP contribution >= 0.6 is 0 Å². The molecule has 0 radical (unpaired) electrons. The number of aromatic nitrogens is 1. The number of rotatable bonds is 4. The van der Waals surface area contributed by atoms with E-state index in [1.807, 2.05) is 55.5 Å². The average molecular weight is 275 g/mol. The summed E-state index contributed by atoms with van der Waals surface area (Å²) in [5.74, 6) is 0.895. The van der Waals surface area contributed by atoms with Crippen LogP contribution in [0.5, 0.6) is 5.75 Å². The van der Waals surface area contributed by atoms with Gasteiger partial charge in [0.1, 0.15) is 5.75 Å². The minimum absolute atomic E-state index is 0.680. The van der Waals surface area contributed by atoms with Crippen molar-refractivity contribution < 1.29 is 4.74 Å². The summed E-state index contributed by atoms with van der Waals surface area (Å²) in [5, 5.41) is 1.16. The summed E-state index contributed by atoms with van der Waals surface area (Å²) in [6.07, 6.45) is 4.08. The maximum absolute atomic E-state index is 5.51. The zero-order valence-electron chi connectivity index (χ0n) is 12.0. The molecule has 0 aliphatic heterocycles. The molecule has 21 heavy (non-hydrogen) atoms. The van der Waals surface area contributed by atoms with Crippen LogP contribution in [0.15, 0.2) is 60.7 Å². The number of fused-ring (bicyclic) bond motifs is 1. The second-order valence-electron chi connectivity index (χ2n) is 4.77. The Kier molecular flexibility index (Phi) is 3.97. The number of pyridine rings is 1. The molecule has 2 heteroatoms. The molecule has 0 aliphatic rings. The second-order valence-corrected chi connectivity index (χ2v) is 4.77. The summed E-state index contributed by atoms with van der Waals surface area (Å²) in [6.45, 7) is 2.67. The minimum Gasteiger partial charge on any atom is -0.494 e. The van der Waals surface area contributed by atoms with Crippen molar-refractivity contribution in [2.45, 2.75) is 6.92 Å². The third-order valence-corrected chi connectivity index (χ3v) is 3.24. The van der Waals surface area contributed by atoms with E-state index in [1.54, 1.807) is 0 Å². The van der Waals surface area contributed by atoms with Crippen LogP contribution in [0.25, 0.3) is 23.1 Å². The van der Waals surface area contributed by atoms with Crippen LogP contribution in [-0.4, -0.2) is 11.6 Å². The minimum atomic E-state index is 0.680. The molecule has 0 saturated carbocycles. The fourth-order valence-electron chi connectivity index (χ4n) is 2.23. The molecule has 0 atom stereocenters. The predicted molar refractivity (Wildman–Crippen MR) is 88.3 cm³/mol. The van der Waals surface area contributed by atoms with Crippen molar-refractivity contribution in [1.82, 2.24) is 4.98 Å². The van der Waals surface area contributed by atoms with Crippen molar-refractivity contribution >= 4 is 23.1 Å². The molecule has 3 rings (SSSR count). The molecule has 0 N–H and O–H groups in total. The van der Waals surface area contributed by atoms with Crippen molar-refractivity contribution in [3.05, 3.63) is 71.9 Å². The molecular weight excluding hydrogens is 258 g/mol. The van der Waals surface area contributed by atoms with Gasteiger partial charge in [0, 0.05) is 5.39 Å². The Morgan fingerprint density at radius 3 is 2.76 bits per heavy atom. The van der Waals surface area contributed by atoms with Gasteiger partial charge in [0.05, 0.1) is 17.8 Å². The Balaban J connectivity index is 1.85. The van der Waals surface area contributed by atoms with Gasteiger partial charge in [-0.25, -0.2) is 4.98 Å². The molecule has 2 aromatic carbocycles. The zero-order valence-corrected chi connectivity index (χ0v) is 12.0. The van der Waals surface area contributed by atoms with E-state index < -0.39 is 0 Å². The Hall–Kier alpha value is -2.61. The SMILES string of the molecule is CCOc1cccc(C=Cc2ccc3ccccc3n2)c1. The molecule has 2 nitrogen and oxygen atoms in total. The van der Waals surface area contributed by atoms with E-state index in [0.29, 0.717) is 6.61 Å². The first-order valence-electron chi connectivity index (χ1n) is 7.12. The molecule has 0 aliphatic carbocycles. The van der Waals surface area contributed by atoms with Crippen LogP contribution < -0.4 is 4.74 Å². The van der Waals surface area contributed by atoms with Crippen LogP contribution in [0.3, 0.4) is 0 Å². The standard InChI is InChI=1S/C19H17NO/c1-2-21-18-8-5-6-15(14-18)10-12-17-13-11-16-7-3-4-9-19(16)20-17/h3-14H,2H2,1H3. The van der Waals surface area contributed by atoms with Gasteiger partial charge in [0.2, 0.25) is 0 Å². The van der Waals surface area contributed by atoms with E-state index in [2.05, 4.69) is 29.3 Å². The van der Waals surface area contributed by atoms with Gasteiger partial charge in [-0.2, -0.15) is 0 Å². The summed E-state index contributed by atoms with van der Waals surface area (Å²) >= 11 is 0. The van der Waals surface area contributed by atoms with Crippen LogP contribution in [0.1, 0.15) is 18.2 Å². The Bertz CT molecular complexity index is 777. The Morgan fingerprint density at radius 1 is 0.952 bits per heavy atom. The highest BCUT2D eigenvalue weighted by Gasteiger charge is 1.96. The van der Waals surface area contributed by atoms with Gasteiger partial charge in [-0.3, -0.25) is 0 Å². The number of ether oxygens (including phenoxy) is 1. The summed E-state index contributed by atoms with van der Waals surface area (Å²) in [6, 6.07) is 20.3. The van der Waals surface area contributed by atoms with Crippen molar-refractivity contribution in [2.24, 2.45) is 0 Å². The highest BCUT2D eigenvalue weighted by molar-refractivity contribution is 5.80. The number of hydrogen-bond acceptors (Lipinski definition) is 2.